The van der Waals surface area contributed by atoms with Crippen molar-refractivity contribution in [1.82, 2.24) is 4.31 Å². The summed E-state index contributed by atoms with van der Waals surface area (Å²) in [6.07, 6.45) is 2.68. The Labute approximate surface area is 154 Å². The van der Waals surface area contributed by atoms with E-state index in [0.717, 1.165) is 40.8 Å². The Balaban J connectivity index is 1.73. The highest BCUT2D eigenvalue weighted by molar-refractivity contribution is 7.89. The van der Waals surface area contributed by atoms with Crippen molar-refractivity contribution in [1.29, 1.82) is 0 Å². The second-order valence-corrected chi connectivity index (χ2v) is 8.36. The molecule has 0 radical (unpaired) electrons. The van der Waals surface area contributed by atoms with Gasteiger partial charge in [-0.2, -0.15) is 4.31 Å². The zero-order valence-corrected chi connectivity index (χ0v) is 15.2. The third-order valence-corrected chi connectivity index (χ3v) is 6.25. The molecule has 9 heteroatoms. The number of likely N-dealkylation sites (N-methyl/N-ethyl adjacent to an activating group) is 1. The van der Waals surface area contributed by atoms with Crippen LogP contribution in [0.3, 0.4) is 0 Å². The molecule has 2 aromatic carbocycles. The predicted octanol–water partition coefficient (Wildman–Crippen LogP) is 2.85. The Morgan fingerprint density at radius 1 is 1.07 bits per heavy atom. The summed E-state index contributed by atoms with van der Waals surface area (Å²) in [5.74, 6) is -5.53. The van der Waals surface area contributed by atoms with E-state index in [-0.39, 0.29) is 4.90 Å². The summed E-state index contributed by atoms with van der Waals surface area (Å²) in [7, 11) is -2.72. The molecule has 3 rings (SSSR count). The van der Waals surface area contributed by atoms with Crippen molar-refractivity contribution in [3.05, 3.63) is 58.9 Å². The number of aryl methyl sites for hydroxylation is 2. The molecule has 0 saturated heterocycles. The van der Waals surface area contributed by atoms with Crippen LogP contribution in [0.1, 0.15) is 17.5 Å². The third kappa shape index (κ3) is 3.84. The van der Waals surface area contributed by atoms with E-state index in [2.05, 4.69) is 0 Å². The van der Waals surface area contributed by atoms with Crippen LogP contribution >= 0.6 is 0 Å². The molecule has 0 unspecified atom stereocenters. The second-order valence-electron chi connectivity index (χ2n) is 6.32. The summed E-state index contributed by atoms with van der Waals surface area (Å²) < 4.78 is 65.9. The highest BCUT2D eigenvalue weighted by Crippen LogP contribution is 2.26. The van der Waals surface area contributed by atoms with Crippen LogP contribution in [-0.4, -0.2) is 32.2 Å². The fourth-order valence-corrected chi connectivity index (χ4v) is 4.17. The zero-order valence-electron chi connectivity index (χ0n) is 14.4. The van der Waals surface area contributed by atoms with E-state index in [1.807, 2.05) is 5.32 Å². The number of halogens is 3. The van der Waals surface area contributed by atoms with Gasteiger partial charge in [-0.1, -0.05) is 6.07 Å². The van der Waals surface area contributed by atoms with E-state index in [9.17, 15) is 26.4 Å². The van der Waals surface area contributed by atoms with Gasteiger partial charge < -0.3 is 5.32 Å². The maximum atomic E-state index is 13.6. The number of rotatable bonds is 5. The number of sulfonamides is 1. The maximum absolute atomic E-state index is 13.6. The fraction of sp³-hybridized carbons (Fsp3) is 0.278. The molecule has 0 aliphatic heterocycles. The lowest BCUT2D eigenvalue weighted by Gasteiger charge is -2.17. The van der Waals surface area contributed by atoms with E-state index in [0.29, 0.717) is 6.07 Å². The average molecular weight is 398 g/mol. The number of nitrogens with one attached hydrogen (secondary N) is 1. The maximum Gasteiger partial charge on any atom is 0.243 e. The lowest BCUT2D eigenvalue weighted by molar-refractivity contribution is -0.116. The molecule has 0 fully saturated rings. The van der Waals surface area contributed by atoms with Gasteiger partial charge in [0.1, 0.15) is 0 Å². The monoisotopic (exact) mass is 398 g/mol. The Bertz CT molecular complexity index is 1010. The summed E-state index contributed by atoms with van der Waals surface area (Å²) in [6.45, 7) is -0.613. The van der Waals surface area contributed by atoms with Gasteiger partial charge in [0.2, 0.25) is 15.9 Å². The van der Waals surface area contributed by atoms with Crippen LogP contribution in [0.4, 0.5) is 18.9 Å². The van der Waals surface area contributed by atoms with Gasteiger partial charge in [0.15, 0.2) is 17.5 Å². The van der Waals surface area contributed by atoms with E-state index >= 15 is 0 Å². The van der Waals surface area contributed by atoms with Crippen LogP contribution in [0.5, 0.6) is 0 Å². The van der Waals surface area contributed by atoms with Crippen molar-refractivity contribution in [3.8, 4) is 0 Å². The van der Waals surface area contributed by atoms with Crippen molar-refractivity contribution in [2.24, 2.45) is 0 Å². The fourth-order valence-electron chi connectivity index (χ4n) is 2.99. The summed E-state index contributed by atoms with van der Waals surface area (Å²) in [5.41, 5.74) is 1.52. The van der Waals surface area contributed by atoms with Gasteiger partial charge in [0.05, 0.1) is 17.1 Å². The Hall–Kier alpha value is -2.39. The molecular weight excluding hydrogens is 381 g/mol. The van der Waals surface area contributed by atoms with Gasteiger partial charge >= 0.3 is 0 Å². The van der Waals surface area contributed by atoms with Gasteiger partial charge in [-0.25, -0.2) is 21.6 Å². The van der Waals surface area contributed by atoms with Crippen molar-refractivity contribution in [2.75, 3.05) is 18.9 Å². The minimum atomic E-state index is -3.93. The molecule has 1 amide bonds. The SMILES string of the molecule is CN(CC(=O)Nc1ccc(F)c(F)c1F)S(=O)(=O)c1ccc2c(c1)CCC2. The number of nitrogens with zero attached hydrogens (tertiary/aromatic N) is 1. The van der Waals surface area contributed by atoms with E-state index in [1.54, 1.807) is 12.1 Å². The third-order valence-electron chi connectivity index (χ3n) is 4.45. The zero-order chi connectivity index (χ0) is 19.8. The van der Waals surface area contributed by atoms with Crippen LogP contribution in [0.25, 0.3) is 0 Å². The largest absolute Gasteiger partial charge is 0.322 e. The number of hydrogen-bond acceptors (Lipinski definition) is 3. The minimum absolute atomic E-state index is 0.0671. The molecule has 0 spiro atoms. The Morgan fingerprint density at radius 3 is 2.52 bits per heavy atom. The first-order valence-electron chi connectivity index (χ1n) is 8.21. The number of benzene rings is 2. The molecule has 27 heavy (non-hydrogen) atoms. The molecule has 1 N–H and O–H groups in total. The molecule has 2 aromatic rings. The Kier molecular flexibility index (Phi) is 5.25. The van der Waals surface area contributed by atoms with Crippen LogP contribution in [0.15, 0.2) is 35.2 Å². The topological polar surface area (TPSA) is 66.5 Å². The predicted molar refractivity (Wildman–Crippen MR) is 93.2 cm³/mol. The summed E-state index contributed by atoms with van der Waals surface area (Å²) in [4.78, 5) is 12.1. The summed E-state index contributed by atoms with van der Waals surface area (Å²) >= 11 is 0. The summed E-state index contributed by atoms with van der Waals surface area (Å²) in [6, 6.07) is 6.38. The Morgan fingerprint density at radius 2 is 1.78 bits per heavy atom. The van der Waals surface area contributed by atoms with Crippen LogP contribution in [0, 0.1) is 17.5 Å². The smallest absolute Gasteiger partial charge is 0.243 e. The second kappa shape index (κ2) is 7.32. The van der Waals surface area contributed by atoms with Crippen molar-refractivity contribution in [3.63, 3.8) is 0 Å². The van der Waals surface area contributed by atoms with Crippen LogP contribution < -0.4 is 5.32 Å². The number of carbonyl (C=O) groups is 1. The number of fused-ring (bicyclic) bond motifs is 1. The first-order chi connectivity index (χ1) is 12.7. The first kappa shape index (κ1) is 19.4. The molecule has 0 heterocycles. The minimum Gasteiger partial charge on any atom is -0.322 e. The van der Waals surface area contributed by atoms with Gasteiger partial charge in [-0.3, -0.25) is 4.79 Å². The first-order valence-corrected chi connectivity index (χ1v) is 9.65. The van der Waals surface area contributed by atoms with Gasteiger partial charge in [0, 0.05) is 7.05 Å². The molecule has 5 nitrogen and oxygen atoms in total. The van der Waals surface area contributed by atoms with Crippen molar-refractivity contribution in [2.45, 2.75) is 24.2 Å². The molecule has 144 valence electrons. The molecule has 0 atom stereocenters. The molecule has 1 aliphatic rings. The van der Waals surface area contributed by atoms with Gasteiger partial charge in [-0.15, -0.1) is 0 Å². The van der Waals surface area contributed by atoms with Crippen molar-refractivity contribution >= 4 is 21.6 Å². The lowest BCUT2D eigenvalue weighted by atomic mass is 10.1. The molecular formula is C18H17F3N2O3S. The molecule has 1 aliphatic carbocycles. The van der Waals surface area contributed by atoms with Crippen LogP contribution in [0.2, 0.25) is 0 Å². The van der Waals surface area contributed by atoms with E-state index in [4.69, 9.17) is 0 Å². The number of hydrogen-bond donors (Lipinski definition) is 1. The van der Waals surface area contributed by atoms with E-state index < -0.39 is 45.6 Å². The van der Waals surface area contributed by atoms with Gasteiger partial charge in [-0.05, 0) is 54.7 Å². The van der Waals surface area contributed by atoms with Gasteiger partial charge in [0.25, 0.3) is 0 Å². The normalized spacial score (nSPS) is 13.7. The van der Waals surface area contributed by atoms with Crippen LogP contribution in [-0.2, 0) is 27.7 Å². The summed E-state index contributed by atoms with van der Waals surface area (Å²) in [5, 5.41) is 2.05. The highest BCUT2D eigenvalue weighted by Gasteiger charge is 2.25. The number of amides is 1. The number of anilines is 1. The van der Waals surface area contributed by atoms with Crippen molar-refractivity contribution < 1.29 is 26.4 Å². The number of carbonyl (C=O) groups excluding carboxylic acids is 1. The average Bonchev–Trinajstić information content (AvgIpc) is 3.10. The van der Waals surface area contributed by atoms with E-state index in [1.165, 1.54) is 13.1 Å². The quantitative estimate of drug-likeness (QED) is 0.788. The lowest BCUT2D eigenvalue weighted by Crippen LogP contribution is -2.35. The highest BCUT2D eigenvalue weighted by atomic mass is 32.2. The standard InChI is InChI=1S/C18H17F3N2O3S/c1-23(10-16(24)22-15-8-7-14(19)17(20)18(15)21)27(25,26)13-6-5-11-3-2-4-12(11)9-13/h5-9H,2-4,10H2,1H3,(H,22,24). The molecule has 0 bridgehead atoms. The molecule has 0 saturated carbocycles. The molecule has 0 aromatic heterocycles.